The second kappa shape index (κ2) is 9.22. The molecule has 0 spiro atoms. The number of anilines is 1. The number of aryl methyl sites for hydroxylation is 1. The molecule has 1 aliphatic heterocycles. The van der Waals surface area contributed by atoms with Crippen LogP contribution in [0.3, 0.4) is 0 Å². The Morgan fingerprint density at radius 3 is 2.87 bits per heavy atom. The average Bonchev–Trinajstić information content (AvgIpc) is 3.37. The van der Waals surface area contributed by atoms with E-state index in [4.69, 9.17) is 4.74 Å². The van der Waals surface area contributed by atoms with E-state index in [1.54, 1.807) is 30.2 Å². The minimum absolute atomic E-state index is 0.0241. The molecule has 12 heteroatoms. The number of likely N-dealkylation sites (tertiary alicyclic amines) is 1. The Labute approximate surface area is 177 Å². The number of nitrogens with one attached hydrogen (secondary N) is 2. The summed E-state index contributed by atoms with van der Waals surface area (Å²) < 4.78 is 7.76. The number of H-pyrrole nitrogens is 1. The van der Waals surface area contributed by atoms with E-state index in [9.17, 15) is 4.79 Å². The van der Waals surface area contributed by atoms with Crippen molar-refractivity contribution in [1.82, 2.24) is 39.8 Å². The summed E-state index contributed by atoms with van der Waals surface area (Å²) in [5, 5.41) is 14.7. The van der Waals surface area contributed by atoms with Gasteiger partial charge in [-0.25, -0.2) is 15.0 Å². The number of piperidine rings is 1. The highest BCUT2D eigenvalue weighted by Crippen LogP contribution is 2.26. The molecule has 11 nitrogen and oxygen atoms in total. The minimum Gasteiger partial charge on any atom is -0.473 e. The van der Waals surface area contributed by atoms with Gasteiger partial charge >= 0.3 is 0 Å². The van der Waals surface area contributed by atoms with Gasteiger partial charge in [0.25, 0.3) is 0 Å². The van der Waals surface area contributed by atoms with E-state index in [0.29, 0.717) is 27.6 Å². The van der Waals surface area contributed by atoms with Crippen LogP contribution in [0.25, 0.3) is 0 Å². The van der Waals surface area contributed by atoms with Crippen molar-refractivity contribution in [2.24, 2.45) is 7.05 Å². The third-order valence-corrected chi connectivity index (χ3v) is 5.43. The van der Waals surface area contributed by atoms with Gasteiger partial charge < -0.3 is 15.0 Å². The highest BCUT2D eigenvalue weighted by Gasteiger charge is 2.22. The van der Waals surface area contributed by atoms with Crippen LogP contribution in [0.4, 0.5) is 5.82 Å². The lowest BCUT2D eigenvalue weighted by Crippen LogP contribution is -2.36. The number of ether oxygens (including phenoxy) is 1. The maximum atomic E-state index is 12.6. The molecule has 4 rings (SSSR count). The number of carbonyl (C=O) groups excluding carboxylic acids is 1. The van der Waals surface area contributed by atoms with Gasteiger partial charge in [-0.1, -0.05) is 0 Å². The summed E-state index contributed by atoms with van der Waals surface area (Å²) in [6.07, 6.45) is 6.71. The fourth-order valence-electron chi connectivity index (χ4n) is 3.08. The average molecular weight is 430 g/mol. The first kappa shape index (κ1) is 20.3. The van der Waals surface area contributed by atoms with E-state index >= 15 is 0 Å². The lowest BCUT2D eigenvalue weighted by Gasteiger charge is -2.29. The molecule has 0 aromatic carbocycles. The predicted molar refractivity (Wildman–Crippen MR) is 109 cm³/mol. The topological polar surface area (TPSA) is 127 Å². The molecule has 1 aliphatic rings. The number of aromatic amines is 1. The van der Waals surface area contributed by atoms with Crippen LogP contribution < -0.4 is 10.1 Å². The van der Waals surface area contributed by atoms with Crippen LogP contribution in [0, 0.1) is 0 Å². The highest BCUT2D eigenvalue weighted by molar-refractivity contribution is 7.99. The zero-order valence-electron chi connectivity index (χ0n) is 16.8. The molecular weight excluding hydrogens is 406 g/mol. The number of hydrogen-bond donors (Lipinski definition) is 2. The van der Waals surface area contributed by atoms with Gasteiger partial charge in [-0.3, -0.25) is 14.6 Å². The first-order valence-electron chi connectivity index (χ1n) is 9.59. The Kier molecular flexibility index (Phi) is 6.23. The van der Waals surface area contributed by atoms with Crippen molar-refractivity contribution in [1.29, 1.82) is 0 Å². The van der Waals surface area contributed by atoms with Crippen molar-refractivity contribution in [2.75, 3.05) is 25.5 Å². The van der Waals surface area contributed by atoms with E-state index in [0.717, 1.165) is 25.9 Å². The molecule has 1 fully saturated rings. The fraction of sp³-hybridized carbons (Fsp3) is 0.444. The zero-order chi connectivity index (χ0) is 20.9. The van der Waals surface area contributed by atoms with Gasteiger partial charge in [-0.2, -0.15) is 10.2 Å². The van der Waals surface area contributed by atoms with E-state index in [-0.39, 0.29) is 18.4 Å². The van der Waals surface area contributed by atoms with Crippen LogP contribution in [0.2, 0.25) is 0 Å². The van der Waals surface area contributed by atoms with Gasteiger partial charge in [0.05, 0.1) is 12.6 Å². The molecule has 0 radical (unpaired) electrons. The Hall–Kier alpha value is -2.99. The number of amides is 1. The molecule has 0 aliphatic carbocycles. The van der Waals surface area contributed by atoms with Crippen LogP contribution in [0.5, 0.6) is 5.88 Å². The van der Waals surface area contributed by atoms with Crippen LogP contribution in [-0.4, -0.2) is 72.0 Å². The van der Waals surface area contributed by atoms with Crippen molar-refractivity contribution in [3.63, 3.8) is 0 Å². The van der Waals surface area contributed by atoms with Crippen molar-refractivity contribution in [3.8, 4) is 5.88 Å². The van der Waals surface area contributed by atoms with Gasteiger partial charge in [0, 0.05) is 32.4 Å². The summed E-state index contributed by atoms with van der Waals surface area (Å²) >= 11 is 1.29. The summed E-state index contributed by atoms with van der Waals surface area (Å²) in [5.74, 6) is 0.640. The molecule has 0 bridgehead atoms. The quantitative estimate of drug-likeness (QED) is 0.568. The van der Waals surface area contributed by atoms with Crippen LogP contribution in [-0.2, 0) is 18.3 Å². The second-order valence-electron chi connectivity index (χ2n) is 7.07. The Morgan fingerprint density at radius 1 is 1.33 bits per heavy atom. The van der Waals surface area contributed by atoms with E-state index < -0.39 is 0 Å². The summed E-state index contributed by atoms with van der Waals surface area (Å²) in [6, 6.07) is 1.73. The minimum atomic E-state index is -0.238. The van der Waals surface area contributed by atoms with E-state index in [1.807, 2.05) is 0 Å². The van der Waals surface area contributed by atoms with Gasteiger partial charge in [-0.05, 0) is 31.7 Å². The molecular formula is C18H23N9O2S. The Balaban J connectivity index is 1.51. The monoisotopic (exact) mass is 429 g/mol. The normalized spacial score (nSPS) is 15.3. The molecule has 1 amide bonds. The molecule has 0 atom stereocenters. The SMILES string of the molecule is CN1CCC(Oc2ncc(Sc3ncn[nH]3)nc2CC(=O)Nc2ccn(C)n2)CC1. The Morgan fingerprint density at radius 2 is 2.17 bits per heavy atom. The van der Waals surface area contributed by atoms with Crippen molar-refractivity contribution >= 4 is 23.5 Å². The first-order chi connectivity index (χ1) is 14.5. The smallest absolute Gasteiger partial charge is 0.236 e. The zero-order valence-corrected chi connectivity index (χ0v) is 17.6. The molecule has 1 saturated heterocycles. The third kappa shape index (κ3) is 5.33. The fourth-order valence-corrected chi connectivity index (χ4v) is 3.74. The van der Waals surface area contributed by atoms with Crippen molar-refractivity contribution in [2.45, 2.75) is 35.5 Å². The van der Waals surface area contributed by atoms with Gasteiger partial charge in [-0.15, -0.1) is 0 Å². The van der Waals surface area contributed by atoms with E-state index in [1.165, 1.54) is 18.1 Å². The molecule has 30 heavy (non-hydrogen) atoms. The largest absolute Gasteiger partial charge is 0.473 e. The summed E-state index contributed by atoms with van der Waals surface area (Å²) in [4.78, 5) is 28.0. The molecule has 3 aromatic rings. The second-order valence-corrected chi connectivity index (χ2v) is 8.08. The van der Waals surface area contributed by atoms with E-state index in [2.05, 4.69) is 47.5 Å². The number of aromatic nitrogens is 7. The molecule has 0 saturated carbocycles. The maximum Gasteiger partial charge on any atom is 0.236 e. The molecule has 2 N–H and O–H groups in total. The summed E-state index contributed by atoms with van der Waals surface area (Å²) in [6.45, 7) is 1.93. The van der Waals surface area contributed by atoms with Gasteiger partial charge in [0.2, 0.25) is 11.8 Å². The number of hydrogen-bond acceptors (Lipinski definition) is 9. The lowest BCUT2D eigenvalue weighted by molar-refractivity contribution is -0.115. The molecule has 0 unspecified atom stereocenters. The third-order valence-electron chi connectivity index (χ3n) is 4.63. The molecule has 3 aromatic heterocycles. The number of rotatable bonds is 7. The Bertz CT molecular complexity index is 983. The maximum absolute atomic E-state index is 12.6. The number of carbonyl (C=O) groups is 1. The van der Waals surface area contributed by atoms with Gasteiger partial charge in [0.1, 0.15) is 23.2 Å². The molecule has 4 heterocycles. The van der Waals surface area contributed by atoms with Crippen LogP contribution >= 0.6 is 11.8 Å². The van der Waals surface area contributed by atoms with Crippen LogP contribution in [0.15, 0.2) is 35.0 Å². The lowest BCUT2D eigenvalue weighted by atomic mass is 10.1. The standard InChI is InChI=1S/C18H23N9O2S/c1-26-6-3-12(4-7-26)29-17-13(9-15(28)23-14-5-8-27(2)25-14)22-16(10-19-17)30-18-20-11-21-24-18/h5,8,10-12H,3-4,6-7,9H2,1-2H3,(H,20,21,24)(H,23,25,28). The summed E-state index contributed by atoms with van der Waals surface area (Å²) in [7, 11) is 3.89. The molecule has 158 valence electrons. The van der Waals surface area contributed by atoms with Crippen molar-refractivity contribution in [3.05, 3.63) is 30.5 Å². The van der Waals surface area contributed by atoms with Gasteiger partial charge in [0.15, 0.2) is 11.0 Å². The number of nitrogens with zero attached hydrogens (tertiary/aromatic N) is 7. The highest BCUT2D eigenvalue weighted by atomic mass is 32.2. The van der Waals surface area contributed by atoms with Crippen LogP contribution in [0.1, 0.15) is 18.5 Å². The van der Waals surface area contributed by atoms with Crippen molar-refractivity contribution < 1.29 is 9.53 Å². The summed E-state index contributed by atoms with van der Waals surface area (Å²) in [5.41, 5.74) is 0.479. The predicted octanol–water partition coefficient (Wildman–Crippen LogP) is 1.13. The first-order valence-corrected chi connectivity index (χ1v) is 10.4.